The number of anilines is 2. The Balaban J connectivity index is 2.23. The van der Waals surface area contributed by atoms with Crippen molar-refractivity contribution in [3.05, 3.63) is 41.1 Å². The second-order valence-corrected chi connectivity index (χ2v) is 4.27. The third kappa shape index (κ3) is 3.42. The lowest BCUT2D eigenvalue weighted by atomic mass is 10.1. The third-order valence-electron chi connectivity index (χ3n) is 2.91. The topological polar surface area (TPSA) is 70.8 Å². The first kappa shape index (κ1) is 14.7. The van der Waals surface area contributed by atoms with E-state index in [0.29, 0.717) is 22.8 Å². The molecule has 0 aliphatic heterocycles. The molecule has 1 aromatic heterocycles. The fourth-order valence-corrected chi connectivity index (χ4v) is 1.69. The van der Waals surface area contributed by atoms with Crippen LogP contribution in [0.1, 0.15) is 16.8 Å². The number of aryl methyl sites for hydroxylation is 1. The normalized spacial score (nSPS) is 10.3. The lowest BCUT2D eigenvalue weighted by Gasteiger charge is -2.10. The summed E-state index contributed by atoms with van der Waals surface area (Å²) in [6.45, 7) is 0.691. The number of nitrogens with zero attached hydrogens (tertiary/aromatic N) is 3. The lowest BCUT2D eigenvalue weighted by molar-refractivity contribution is -0.0498. The number of ether oxygens (including phenoxy) is 1. The molecule has 21 heavy (non-hydrogen) atoms. The highest BCUT2D eigenvalue weighted by molar-refractivity contribution is 5.64. The van der Waals surface area contributed by atoms with E-state index >= 15 is 0 Å². The highest BCUT2D eigenvalue weighted by atomic mass is 19.3. The Morgan fingerprint density at radius 1 is 1.19 bits per heavy atom. The van der Waals surface area contributed by atoms with Crippen molar-refractivity contribution >= 4 is 11.5 Å². The number of rotatable bonds is 4. The summed E-state index contributed by atoms with van der Waals surface area (Å²) in [5.41, 5.74) is 2.41. The molecule has 0 bridgehead atoms. The smallest absolute Gasteiger partial charge is 0.387 e. The molecule has 108 valence electrons. The predicted octanol–water partition coefficient (Wildman–Crippen LogP) is 3.31. The molecule has 0 spiro atoms. The van der Waals surface area contributed by atoms with E-state index in [4.69, 9.17) is 0 Å². The lowest BCUT2D eigenvalue weighted by Crippen LogP contribution is -2.04. The van der Waals surface area contributed by atoms with Crippen molar-refractivity contribution < 1.29 is 13.5 Å². The maximum absolute atomic E-state index is 12.1. The van der Waals surface area contributed by atoms with Gasteiger partial charge in [-0.15, -0.1) is 5.10 Å². The van der Waals surface area contributed by atoms with Gasteiger partial charge in [0.1, 0.15) is 17.4 Å². The molecule has 1 heterocycles. The third-order valence-corrected chi connectivity index (χ3v) is 2.91. The fourth-order valence-electron chi connectivity index (χ4n) is 1.69. The van der Waals surface area contributed by atoms with E-state index in [2.05, 4.69) is 26.3 Å². The van der Waals surface area contributed by atoms with Crippen LogP contribution in [0.4, 0.5) is 20.3 Å². The van der Waals surface area contributed by atoms with E-state index < -0.39 is 6.61 Å². The number of nitrogens with one attached hydrogen (secondary N) is 1. The van der Waals surface area contributed by atoms with E-state index in [1.165, 1.54) is 12.1 Å². The maximum atomic E-state index is 12.1. The van der Waals surface area contributed by atoms with Crippen molar-refractivity contribution in [2.24, 2.45) is 0 Å². The predicted molar refractivity (Wildman–Crippen MR) is 72.6 cm³/mol. The van der Waals surface area contributed by atoms with Gasteiger partial charge in [0.05, 0.1) is 5.69 Å². The van der Waals surface area contributed by atoms with Gasteiger partial charge in [-0.1, -0.05) is 0 Å². The number of hydrogen-bond acceptors (Lipinski definition) is 5. The average Bonchev–Trinajstić information content (AvgIpc) is 2.45. The molecule has 0 aliphatic carbocycles. The van der Waals surface area contributed by atoms with Crippen molar-refractivity contribution in [1.29, 1.82) is 5.26 Å². The van der Waals surface area contributed by atoms with E-state index in [9.17, 15) is 14.0 Å². The second kappa shape index (κ2) is 6.13. The first-order chi connectivity index (χ1) is 10.0. The molecule has 0 amide bonds. The monoisotopic (exact) mass is 290 g/mol. The van der Waals surface area contributed by atoms with Crippen LogP contribution in [0.2, 0.25) is 0 Å². The summed E-state index contributed by atoms with van der Waals surface area (Å²) in [4.78, 5) is 0. The van der Waals surface area contributed by atoms with Crippen molar-refractivity contribution in [2.45, 2.75) is 20.5 Å². The molecule has 1 N–H and O–H groups in total. The van der Waals surface area contributed by atoms with E-state index in [1.807, 2.05) is 0 Å². The molecule has 0 fully saturated rings. The maximum Gasteiger partial charge on any atom is 0.387 e. The summed E-state index contributed by atoms with van der Waals surface area (Å²) in [5.74, 6) is 0.380. The van der Waals surface area contributed by atoms with Gasteiger partial charge < -0.3 is 10.1 Å². The molecule has 7 heteroatoms. The fraction of sp³-hybridized carbons (Fsp3) is 0.214. The number of benzene rings is 1. The first-order valence-electron chi connectivity index (χ1n) is 6.07. The molecule has 0 aliphatic rings. The van der Waals surface area contributed by atoms with Crippen LogP contribution >= 0.6 is 0 Å². The molecule has 5 nitrogen and oxygen atoms in total. The Hall–Kier alpha value is -2.75. The molecule has 2 rings (SSSR count). The Kier molecular flexibility index (Phi) is 4.28. The summed E-state index contributed by atoms with van der Waals surface area (Å²) >= 11 is 0. The second-order valence-electron chi connectivity index (χ2n) is 4.27. The summed E-state index contributed by atoms with van der Waals surface area (Å²) in [7, 11) is 0. The highest BCUT2D eigenvalue weighted by Crippen LogP contribution is 2.23. The van der Waals surface area contributed by atoms with Crippen molar-refractivity contribution in [1.82, 2.24) is 10.2 Å². The summed E-state index contributed by atoms with van der Waals surface area (Å²) < 4.78 is 28.4. The molecule has 0 radical (unpaired) electrons. The largest absolute Gasteiger partial charge is 0.435 e. The van der Waals surface area contributed by atoms with Crippen LogP contribution in [0.5, 0.6) is 5.75 Å². The molecule has 2 aromatic rings. The molecule has 0 saturated carbocycles. The standard InChI is InChI=1S/C14H12F2N4O/c1-8-9(2)19-20-13(12(8)7-17)18-10-3-5-11(6-4-10)21-14(15)16/h3-6,14H,1-2H3,(H,18,20). The first-order valence-corrected chi connectivity index (χ1v) is 6.07. The van der Waals surface area contributed by atoms with Crippen LogP contribution in [-0.2, 0) is 0 Å². The Bertz CT molecular complexity index is 681. The van der Waals surface area contributed by atoms with Crippen molar-refractivity contribution in [3.8, 4) is 11.8 Å². The molecular formula is C14H12F2N4O. The van der Waals surface area contributed by atoms with Gasteiger partial charge in [0.25, 0.3) is 0 Å². The van der Waals surface area contributed by atoms with Gasteiger partial charge in [0.15, 0.2) is 5.82 Å². The molecule has 0 unspecified atom stereocenters. The zero-order valence-electron chi connectivity index (χ0n) is 11.4. The van der Waals surface area contributed by atoms with E-state index in [0.717, 1.165) is 5.56 Å². The minimum Gasteiger partial charge on any atom is -0.435 e. The molecule has 0 saturated heterocycles. The number of hydrogen-bond donors (Lipinski definition) is 1. The van der Waals surface area contributed by atoms with E-state index in [1.54, 1.807) is 26.0 Å². The number of nitriles is 1. The van der Waals surface area contributed by atoms with Crippen LogP contribution in [0.3, 0.4) is 0 Å². The van der Waals surface area contributed by atoms with Gasteiger partial charge in [-0.05, 0) is 43.7 Å². The summed E-state index contributed by atoms with van der Waals surface area (Å²) in [6.07, 6.45) is 0. The van der Waals surface area contributed by atoms with E-state index in [-0.39, 0.29) is 5.75 Å². The molecule has 1 aromatic carbocycles. The minimum atomic E-state index is -2.86. The van der Waals surface area contributed by atoms with Crippen molar-refractivity contribution in [2.75, 3.05) is 5.32 Å². The Labute approximate surface area is 120 Å². The minimum absolute atomic E-state index is 0.0576. The SMILES string of the molecule is Cc1nnc(Nc2ccc(OC(F)F)cc2)c(C#N)c1C. The summed E-state index contributed by atoms with van der Waals surface area (Å²) in [6, 6.07) is 7.97. The molecule has 0 atom stereocenters. The van der Waals surface area contributed by atoms with Gasteiger partial charge in [0, 0.05) is 5.69 Å². The Morgan fingerprint density at radius 3 is 2.43 bits per heavy atom. The van der Waals surface area contributed by atoms with Gasteiger partial charge >= 0.3 is 6.61 Å². The van der Waals surface area contributed by atoms with Gasteiger partial charge in [-0.25, -0.2) is 0 Å². The number of aromatic nitrogens is 2. The van der Waals surface area contributed by atoms with Gasteiger partial charge in [-0.3, -0.25) is 0 Å². The van der Waals surface area contributed by atoms with Crippen LogP contribution in [-0.4, -0.2) is 16.8 Å². The average molecular weight is 290 g/mol. The van der Waals surface area contributed by atoms with Crippen LogP contribution in [0, 0.1) is 25.2 Å². The highest BCUT2D eigenvalue weighted by Gasteiger charge is 2.11. The number of alkyl halides is 2. The van der Waals surface area contributed by atoms with Crippen LogP contribution in [0.15, 0.2) is 24.3 Å². The number of halogens is 2. The quantitative estimate of drug-likeness (QED) is 0.935. The van der Waals surface area contributed by atoms with Crippen LogP contribution < -0.4 is 10.1 Å². The Morgan fingerprint density at radius 2 is 1.86 bits per heavy atom. The zero-order chi connectivity index (χ0) is 15.4. The van der Waals surface area contributed by atoms with Crippen molar-refractivity contribution in [3.63, 3.8) is 0 Å². The van der Waals surface area contributed by atoms with Crippen LogP contribution in [0.25, 0.3) is 0 Å². The summed E-state index contributed by atoms with van der Waals surface area (Å²) in [5, 5.41) is 20.0. The zero-order valence-corrected chi connectivity index (χ0v) is 11.4. The van der Waals surface area contributed by atoms with Gasteiger partial charge in [0.2, 0.25) is 0 Å². The molecular weight excluding hydrogens is 278 g/mol. The van der Waals surface area contributed by atoms with Gasteiger partial charge in [-0.2, -0.15) is 19.1 Å².